The van der Waals surface area contributed by atoms with Crippen LogP contribution in [-0.2, 0) is 16.0 Å². The lowest BCUT2D eigenvalue weighted by Crippen LogP contribution is -2.29. The fourth-order valence-electron chi connectivity index (χ4n) is 3.15. The third-order valence-electron chi connectivity index (χ3n) is 4.23. The molecule has 0 aliphatic carbocycles. The van der Waals surface area contributed by atoms with Crippen molar-refractivity contribution in [3.05, 3.63) is 28.3 Å². The Morgan fingerprint density at radius 3 is 3.10 bits per heavy atom. The number of carbonyl (C=O) groups is 1. The Hall–Kier alpha value is -1.10. The minimum absolute atomic E-state index is 0.0421. The average molecular weight is 309 g/mol. The summed E-state index contributed by atoms with van der Waals surface area (Å²) in [6, 6.07) is 4.16. The maximum absolute atomic E-state index is 11.5. The van der Waals surface area contributed by atoms with Gasteiger partial charge in [-0.3, -0.25) is 4.79 Å². The molecule has 21 heavy (non-hydrogen) atoms. The van der Waals surface area contributed by atoms with Crippen LogP contribution in [0.1, 0.15) is 36.9 Å². The highest BCUT2D eigenvalue weighted by Gasteiger charge is 2.30. The fraction of sp³-hybridized carbons (Fsp3) is 0.562. The monoisotopic (exact) mass is 308 g/mol. The summed E-state index contributed by atoms with van der Waals surface area (Å²) >= 11 is 6.48. The number of carbonyl (C=O) groups excluding carboxylic acids is 1. The first-order chi connectivity index (χ1) is 10.2. The minimum Gasteiger partial charge on any atom is -0.381 e. The lowest BCUT2D eigenvalue weighted by Gasteiger charge is -2.26. The molecule has 2 heterocycles. The Morgan fingerprint density at radius 2 is 2.38 bits per heavy atom. The highest BCUT2D eigenvalue weighted by molar-refractivity contribution is 6.32. The van der Waals surface area contributed by atoms with Crippen LogP contribution in [0.2, 0.25) is 5.02 Å². The summed E-state index contributed by atoms with van der Waals surface area (Å²) in [4.78, 5) is 11.5. The van der Waals surface area contributed by atoms with Crippen molar-refractivity contribution in [2.45, 2.75) is 32.2 Å². The van der Waals surface area contributed by atoms with E-state index < -0.39 is 0 Å². The third kappa shape index (κ3) is 3.07. The van der Waals surface area contributed by atoms with Crippen LogP contribution in [-0.4, -0.2) is 25.7 Å². The van der Waals surface area contributed by atoms with E-state index in [0.29, 0.717) is 12.3 Å². The normalized spacial score (nSPS) is 22.2. The molecule has 2 N–H and O–H groups in total. The Bertz CT molecular complexity index is 541. The van der Waals surface area contributed by atoms with Crippen molar-refractivity contribution in [2.75, 3.05) is 25.1 Å². The first kappa shape index (κ1) is 14.8. The molecule has 0 bridgehead atoms. The van der Waals surface area contributed by atoms with Crippen molar-refractivity contribution in [3.63, 3.8) is 0 Å². The van der Waals surface area contributed by atoms with Crippen molar-refractivity contribution in [3.8, 4) is 0 Å². The standard InChI is InChI=1S/C16H21ClN2O2/c1-2-4-18-16(10-3-5-21-9-10)12-6-11-7-15(20)19-14(11)8-13(12)17/h6,8,10,16,18H,2-5,7,9H2,1H3,(H,19,20). The lowest BCUT2D eigenvalue weighted by molar-refractivity contribution is -0.115. The number of fused-ring (bicyclic) bond motifs is 1. The zero-order valence-electron chi connectivity index (χ0n) is 12.2. The van der Waals surface area contributed by atoms with E-state index in [2.05, 4.69) is 23.6 Å². The molecule has 2 aliphatic rings. The molecular weight excluding hydrogens is 288 g/mol. The molecule has 1 fully saturated rings. The Morgan fingerprint density at radius 1 is 1.52 bits per heavy atom. The SMILES string of the molecule is CCCNC(c1cc2c(cc1Cl)NC(=O)C2)C1CCOC1. The van der Waals surface area contributed by atoms with Crippen molar-refractivity contribution < 1.29 is 9.53 Å². The molecule has 2 unspecified atom stereocenters. The zero-order valence-corrected chi connectivity index (χ0v) is 13.0. The minimum atomic E-state index is 0.0421. The molecule has 0 radical (unpaired) electrons. The number of ether oxygens (including phenoxy) is 1. The summed E-state index contributed by atoms with van der Waals surface area (Å²) in [6.07, 6.45) is 2.57. The van der Waals surface area contributed by atoms with Crippen molar-refractivity contribution in [1.82, 2.24) is 5.32 Å². The Balaban J connectivity index is 1.91. The number of hydrogen-bond acceptors (Lipinski definition) is 3. The number of hydrogen-bond donors (Lipinski definition) is 2. The summed E-state index contributed by atoms with van der Waals surface area (Å²) < 4.78 is 5.54. The van der Waals surface area contributed by atoms with Crippen LogP contribution in [0.4, 0.5) is 5.69 Å². The summed E-state index contributed by atoms with van der Waals surface area (Å²) in [5, 5.41) is 7.17. The second kappa shape index (κ2) is 6.34. The van der Waals surface area contributed by atoms with Gasteiger partial charge >= 0.3 is 0 Å². The van der Waals surface area contributed by atoms with Crippen LogP contribution in [0.5, 0.6) is 0 Å². The van der Waals surface area contributed by atoms with Gasteiger partial charge in [0.1, 0.15) is 0 Å². The second-order valence-electron chi connectivity index (χ2n) is 5.81. The molecule has 0 aromatic heterocycles. The lowest BCUT2D eigenvalue weighted by atomic mass is 9.90. The van der Waals surface area contributed by atoms with Gasteiger partial charge in [0.05, 0.1) is 13.0 Å². The fourth-order valence-corrected chi connectivity index (χ4v) is 3.43. The van der Waals surface area contributed by atoms with Crippen LogP contribution in [0.3, 0.4) is 0 Å². The van der Waals surface area contributed by atoms with E-state index in [4.69, 9.17) is 16.3 Å². The molecule has 1 aromatic carbocycles. The molecule has 114 valence electrons. The molecule has 5 heteroatoms. The molecule has 2 aliphatic heterocycles. The third-order valence-corrected chi connectivity index (χ3v) is 4.56. The maximum Gasteiger partial charge on any atom is 0.228 e. The number of rotatable bonds is 5. The van der Waals surface area contributed by atoms with E-state index in [1.54, 1.807) is 0 Å². The number of halogens is 1. The Labute approximate surface area is 130 Å². The quantitative estimate of drug-likeness (QED) is 0.879. The summed E-state index contributed by atoms with van der Waals surface area (Å²) in [7, 11) is 0. The van der Waals surface area contributed by atoms with Crippen LogP contribution < -0.4 is 10.6 Å². The van der Waals surface area contributed by atoms with Gasteiger partial charge in [-0.15, -0.1) is 0 Å². The number of benzene rings is 1. The molecule has 1 aromatic rings. The molecule has 0 saturated carbocycles. The van der Waals surface area contributed by atoms with E-state index in [1.807, 2.05) is 6.07 Å². The van der Waals surface area contributed by atoms with Gasteiger partial charge in [-0.1, -0.05) is 24.6 Å². The van der Waals surface area contributed by atoms with Gasteiger partial charge in [0, 0.05) is 29.3 Å². The molecule has 3 rings (SSSR count). The first-order valence-electron chi connectivity index (χ1n) is 7.62. The Kier molecular flexibility index (Phi) is 4.48. The molecule has 1 saturated heterocycles. The summed E-state index contributed by atoms with van der Waals surface area (Å²) in [5.74, 6) is 0.484. The zero-order chi connectivity index (χ0) is 14.8. The van der Waals surface area contributed by atoms with Gasteiger partial charge in [0.25, 0.3) is 0 Å². The van der Waals surface area contributed by atoms with Gasteiger partial charge < -0.3 is 15.4 Å². The second-order valence-corrected chi connectivity index (χ2v) is 6.22. The highest BCUT2D eigenvalue weighted by Crippen LogP contribution is 2.37. The van der Waals surface area contributed by atoms with Gasteiger partial charge in [-0.25, -0.2) is 0 Å². The smallest absolute Gasteiger partial charge is 0.228 e. The first-order valence-corrected chi connectivity index (χ1v) is 8.00. The number of nitrogens with one attached hydrogen (secondary N) is 2. The van der Waals surface area contributed by atoms with Crippen molar-refractivity contribution in [2.24, 2.45) is 5.92 Å². The summed E-state index contributed by atoms with van der Waals surface area (Å²) in [6.45, 7) is 4.69. The van der Waals surface area contributed by atoms with Crippen molar-refractivity contribution in [1.29, 1.82) is 0 Å². The molecule has 2 atom stereocenters. The number of anilines is 1. The van der Waals surface area contributed by atoms with E-state index in [9.17, 15) is 4.79 Å². The average Bonchev–Trinajstić information content (AvgIpc) is 3.08. The number of amides is 1. The van der Waals surface area contributed by atoms with Crippen LogP contribution in [0.25, 0.3) is 0 Å². The molecule has 1 amide bonds. The van der Waals surface area contributed by atoms with Crippen LogP contribution in [0, 0.1) is 5.92 Å². The van der Waals surface area contributed by atoms with E-state index in [0.717, 1.165) is 54.4 Å². The van der Waals surface area contributed by atoms with Crippen molar-refractivity contribution >= 4 is 23.2 Å². The van der Waals surface area contributed by atoms with Crippen LogP contribution >= 0.6 is 11.6 Å². The highest BCUT2D eigenvalue weighted by atomic mass is 35.5. The largest absolute Gasteiger partial charge is 0.381 e. The van der Waals surface area contributed by atoms with Gasteiger partial charge in [-0.2, -0.15) is 0 Å². The topological polar surface area (TPSA) is 50.4 Å². The van der Waals surface area contributed by atoms with Gasteiger partial charge in [0.2, 0.25) is 5.91 Å². The van der Waals surface area contributed by atoms with Gasteiger partial charge in [0.15, 0.2) is 0 Å². The predicted octanol–water partition coefficient (Wildman–Crippen LogP) is 2.91. The van der Waals surface area contributed by atoms with E-state index in [1.165, 1.54) is 0 Å². The molecule has 4 nitrogen and oxygen atoms in total. The molecule has 0 spiro atoms. The summed E-state index contributed by atoms with van der Waals surface area (Å²) in [5.41, 5.74) is 2.99. The molecular formula is C16H21ClN2O2. The van der Waals surface area contributed by atoms with E-state index >= 15 is 0 Å². The predicted molar refractivity (Wildman–Crippen MR) is 83.7 cm³/mol. The van der Waals surface area contributed by atoms with Gasteiger partial charge in [-0.05, 0) is 36.6 Å². The maximum atomic E-state index is 11.5. The van der Waals surface area contributed by atoms with E-state index in [-0.39, 0.29) is 11.9 Å². The van der Waals surface area contributed by atoms with Crippen LogP contribution in [0.15, 0.2) is 12.1 Å².